The summed E-state index contributed by atoms with van der Waals surface area (Å²) < 4.78 is 0. The first-order chi connectivity index (χ1) is 8.04. The molecule has 0 bridgehead atoms. The summed E-state index contributed by atoms with van der Waals surface area (Å²) >= 11 is 0. The monoisotopic (exact) mass is 232 g/mol. The van der Waals surface area contributed by atoms with Gasteiger partial charge in [0.15, 0.2) is 0 Å². The summed E-state index contributed by atoms with van der Waals surface area (Å²) in [6.45, 7) is 1.83. The van der Waals surface area contributed by atoms with Crippen molar-refractivity contribution in [3.63, 3.8) is 0 Å². The molecule has 2 rings (SSSR count). The van der Waals surface area contributed by atoms with E-state index in [1.54, 1.807) is 0 Å². The van der Waals surface area contributed by atoms with Crippen molar-refractivity contribution in [2.45, 2.75) is 25.9 Å². The Morgan fingerprint density at radius 1 is 1.35 bits per heavy atom. The van der Waals surface area contributed by atoms with Crippen molar-refractivity contribution in [2.24, 2.45) is 5.41 Å². The Labute approximate surface area is 100 Å². The minimum atomic E-state index is -0.866. The van der Waals surface area contributed by atoms with Crippen LogP contribution >= 0.6 is 0 Å². The summed E-state index contributed by atoms with van der Waals surface area (Å²) in [4.78, 5) is 11.3. The quantitative estimate of drug-likeness (QED) is 0.840. The lowest BCUT2D eigenvalue weighted by atomic mass is 9.62. The van der Waals surface area contributed by atoms with Gasteiger partial charge in [-0.2, -0.15) is 0 Å². The highest BCUT2D eigenvalue weighted by Crippen LogP contribution is 2.47. The molecule has 1 aromatic rings. The van der Waals surface area contributed by atoms with E-state index in [9.17, 15) is 15.0 Å². The molecule has 2 N–H and O–H groups in total. The maximum atomic E-state index is 11.3. The molecule has 1 saturated carbocycles. The van der Waals surface area contributed by atoms with Crippen molar-refractivity contribution < 1.29 is 15.0 Å². The smallest absolute Gasteiger partial charge is 0.313 e. The van der Waals surface area contributed by atoms with Gasteiger partial charge < -0.3 is 10.2 Å². The van der Waals surface area contributed by atoms with E-state index in [-0.39, 0.29) is 0 Å². The molecule has 0 amide bonds. The van der Waals surface area contributed by atoms with Gasteiger partial charge in [0.2, 0.25) is 0 Å². The average Bonchev–Trinajstić information content (AvgIpc) is 2.25. The Balaban J connectivity index is 2.27. The van der Waals surface area contributed by atoms with Crippen LogP contribution in [-0.2, 0) is 4.79 Å². The highest BCUT2D eigenvalue weighted by molar-refractivity contribution is 5.82. The van der Waals surface area contributed by atoms with E-state index in [0.29, 0.717) is 12.8 Å². The van der Waals surface area contributed by atoms with Gasteiger partial charge in [0.1, 0.15) is 0 Å². The predicted molar refractivity (Wildman–Crippen MR) is 65.4 cm³/mol. The molecule has 0 aliphatic heterocycles. The second-order valence-corrected chi connectivity index (χ2v) is 4.69. The first kappa shape index (κ1) is 11.9. The number of carbonyl (C=O) groups is 1. The van der Waals surface area contributed by atoms with Gasteiger partial charge in [0.05, 0.1) is 11.5 Å². The first-order valence-corrected chi connectivity index (χ1v) is 5.70. The van der Waals surface area contributed by atoms with Crippen molar-refractivity contribution in [1.29, 1.82) is 0 Å². The Bertz CT molecular complexity index is 442. The highest BCUT2D eigenvalue weighted by atomic mass is 16.4. The molecule has 17 heavy (non-hydrogen) atoms. The van der Waals surface area contributed by atoms with Crippen molar-refractivity contribution in [2.75, 3.05) is 0 Å². The maximum absolute atomic E-state index is 11.3. The number of aliphatic carboxylic acids is 1. The third kappa shape index (κ3) is 2.11. The number of aliphatic hydroxyl groups excluding tert-OH is 1. The second-order valence-electron chi connectivity index (χ2n) is 4.69. The summed E-state index contributed by atoms with van der Waals surface area (Å²) in [6.07, 6.45) is 2.04. The minimum Gasteiger partial charge on any atom is -0.481 e. The summed E-state index contributed by atoms with van der Waals surface area (Å²) in [6, 6.07) is 9.64. The zero-order chi connectivity index (χ0) is 12.5. The molecular weight excluding hydrogens is 216 g/mol. The Morgan fingerprint density at radius 2 is 1.94 bits per heavy atom. The fourth-order valence-corrected chi connectivity index (χ4v) is 2.35. The molecule has 1 aliphatic carbocycles. The van der Waals surface area contributed by atoms with Crippen LogP contribution in [0.15, 0.2) is 35.9 Å². The van der Waals surface area contributed by atoms with Gasteiger partial charge in [-0.1, -0.05) is 42.0 Å². The molecule has 0 saturated heterocycles. The standard InChI is InChI=1S/C14H16O3/c1-10(7-11-5-3-2-4-6-11)14(13(16)17)8-12(15)9-14/h2-7,12,15H,8-9H2,1H3,(H,16,17)/b10-7+. The fourth-order valence-electron chi connectivity index (χ4n) is 2.35. The number of benzene rings is 1. The Morgan fingerprint density at radius 3 is 2.41 bits per heavy atom. The van der Waals surface area contributed by atoms with Gasteiger partial charge in [0.25, 0.3) is 0 Å². The summed E-state index contributed by atoms with van der Waals surface area (Å²) in [5.74, 6) is -0.840. The van der Waals surface area contributed by atoms with Crippen molar-refractivity contribution >= 4 is 12.0 Å². The highest BCUT2D eigenvalue weighted by Gasteiger charge is 2.51. The molecule has 90 valence electrons. The van der Waals surface area contributed by atoms with Crippen LogP contribution < -0.4 is 0 Å². The van der Waals surface area contributed by atoms with E-state index >= 15 is 0 Å². The lowest BCUT2D eigenvalue weighted by molar-refractivity contribution is -0.158. The summed E-state index contributed by atoms with van der Waals surface area (Å²) in [5.41, 5.74) is 0.934. The Hall–Kier alpha value is -1.61. The molecule has 3 nitrogen and oxygen atoms in total. The Kier molecular flexibility index (Phi) is 3.03. The molecule has 0 heterocycles. The first-order valence-electron chi connectivity index (χ1n) is 5.70. The second kappa shape index (κ2) is 4.34. The van der Waals surface area contributed by atoms with Crippen LogP contribution in [0.2, 0.25) is 0 Å². The van der Waals surface area contributed by atoms with Crippen molar-refractivity contribution in [3.05, 3.63) is 41.5 Å². The van der Waals surface area contributed by atoms with Gasteiger partial charge in [0, 0.05) is 0 Å². The van der Waals surface area contributed by atoms with Crippen LogP contribution in [0, 0.1) is 5.41 Å². The maximum Gasteiger partial charge on any atom is 0.313 e. The van der Waals surface area contributed by atoms with Crippen LogP contribution in [-0.4, -0.2) is 22.3 Å². The summed E-state index contributed by atoms with van der Waals surface area (Å²) in [7, 11) is 0. The third-order valence-electron chi connectivity index (χ3n) is 3.52. The summed E-state index contributed by atoms with van der Waals surface area (Å²) in [5, 5.41) is 18.7. The molecular formula is C14H16O3. The normalized spacial score (nSPS) is 28.6. The molecule has 0 radical (unpaired) electrons. The van der Waals surface area contributed by atoms with E-state index in [2.05, 4.69) is 0 Å². The fraction of sp³-hybridized carbons (Fsp3) is 0.357. The number of rotatable bonds is 3. The number of carboxylic acids is 1. The van der Waals surface area contributed by atoms with Crippen LogP contribution in [0.25, 0.3) is 6.08 Å². The van der Waals surface area contributed by atoms with Crippen molar-refractivity contribution in [3.8, 4) is 0 Å². The van der Waals surface area contributed by atoms with Gasteiger partial charge >= 0.3 is 5.97 Å². The van der Waals surface area contributed by atoms with E-state index < -0.39 is 17.5 Å². The van der Waals surface area contributed by atoms with Crippen LogP contribution in [0.5, 0.6) is 0 Å². The number of aliphatic hydroxyl groups is 1. The van der Waals surface area contributed by atoms with Gasteiger partial charge in [-0.05, 0) is 25.3 Å². The van der Waals surface area contributed by atoms with Gasteiger partial charge in [-0.3, -0.25) is 4.79 Å². The number of hydrogen-bond acceptors (Lipinski definition) is 2. The van der Waals surface area contributed by atoms with Crippen LogP contribution in [0.1, 0.15) is 25.3 Å². The zero-order valence-electron chi connectivity index (χ0n) is 9.76. The lowest BCUT2D eigenvalue weighted by Gasteiger charge is -2.42. The zero-order valence-corrected chi connectivity index (χ0v) is 9.76. The van der Waals surface area contributed by atoms with E-state index in [1.165, 1.54) is 0 Å². The SMILES string of the molecule is C/C(=C\c1ccccc1)C1(C(=O)O)CC(O)C1. The third-order valence-corrected chi connectivity index (χ3v) is 3.52. The van der Waals surface area contributed by atoms with Crippen molar-refractivity contribution in [1.82, 2.24) is 0 Å². The minimum absolute atomic E-state index is 0.317. The lowest BCUT2D eigenvalue weighted by Crippen LogP contribution is -2.47. The number of carboxylic acid groups (broad SMARTS) is 1. The van der Waals surface area contributed by atoms with Gasteiger partial charge in [-0.15, -0.1) is 0 Å². The molecule has 1 aliphatic rings. The van der Waals surface area contributed by atoms with E-state index in [4.69, 9.17) is 0 Å². The molecule has 1 fully saturated rings. The molecule has 0 aromatic heterocycles. The van der Waals surface area contributed by atoms with Crippen LogP contribution in [0.3, 0.4) is 0 Å². The largest absolute Gasteiger partial charge is 0.481 e. The average molecular weight is 232 g/mol. The van der Waals surface area contributed by atoms with Crippen LogP contribution in [0.4, 0.5) is 0 Å². The molecule has 3 heteroatoms. The molecule has 1 aromatic carbocycles. The topological polar surface area (TPSA) is 57.5 Å². The van der Waals surface area contributed by atoms with Gasteiger partial charge in [-0.25, -0.2) is 0 Å². The molecule has 0 atom stereocenters. The molecule has 0 unspecified atom stereocenters. The molecule has 0 spiro atoms. The van der Waals surface area contributed by atoms with E-state index in [0.717, 1.165) is 11.1 Å². The van der Waals surface area contributed by atoms with E-state index in [1.807, 2.05) is 43.3 Å². The number of hydrogen-bond donors (Lipinski definition) is 2. The predicted octanol–water partition coefficient (Wildman–Crippen LogP) is 2.32.